The number of nitrogens with two attached hydrogens (primary N) is 2. The van der Waals surface area contributed by atoms with Crippen LogP contribution in [0.4, 0.5) is 11.6 Å². The van der Waals surface area contributed by atoms with E-state index in [1.807, 2.05) is 84.9 Å². The Bertz CT molecular complexity index is 2190. The lowest BCUT2D eigenvalue weighted by Gasteiger charge is -2.28. The van der Waals surface area contributed by atoms with Crippen LogP contribution in [0.1, 0.15) is 63.1 Å². The second kappa shape index (κ2) is 16.1. The number of fused-ring (bicyclic) bond motifs is 2. The van der Waals surface area contributed by atoms with E-state index in [1.165, 1.54) is 12.7 Å². The van der Waals surface area contributed by atoms with E-state index < -0.39 is 23.4 Å². The van der Waals surface area contributed by atoms with E-state index in [1.54, 1.807) is 9.03 Å². The Balaban J connectivity index is 0.000000172. The van der Waals surface area contributed by atoms with E-state index in [2.05, 4.69) is 60.0 Å². The molecule has 14 nitrogen and oxygen atoms in total. The Hall–Kier alpha value is -5.90. The van der Waals surface area contributed by atoms with Crippen molar-refractivity contribution in [3.8, 4) is 12.1 Å². The lowest BCUT2D eigenvalue weighted by atomic mass is 9.87. The molecule has 4 N–H and O–H groups in total. The molecular formula is C42H46N10O4. The van der Waals surface area contributed by atoms with Crippen molar-refractivity contribution in [1.82, 2.24) is 29.2 Å². The molecule has 0 radical (unpaired) electrons. The van der Waals surface area contributed by atoms with E-state index in [9.17, 15) is 10.5 Å². The Labute approximate surface area is 325 Å². The number of benzene rings is 2. The molecule has 2 saturated heterocycles. The lowest BCUT2D eigenvalue weighted by molar-refractivity contribution is -0.0817. The molecule has 2 aromatic carbocycles. The summed E-state index contributed by atoms with van der Waals surface area (Å²) in [6.07, 6.45) is 3.26. The third-order valence-electron chi connectivity index (χ3n) is 11.0. The number of aromatic nitrogens is 6. The molecule has 6 aromatic rings. The van der Waals surface area contributed by atoms with E-state index in [0.717, 1.165) is 24.0 Å². The van der Waals surface area contributed by atoms with Gasteiger partial charge in [0.2, 0.25) is 11.2 Å². The first-order valence-electron chi connectivity index (χ1n) is 18.9. The van der Waals surface area contributed by atoms with Gasteiger partial charge in [0.1, 0.15) is 48.0 Å². The van der Waals surface area contributed by atoms with Crippen molar-refractivity contribution >= 4 is 22.7 Å². The van der Waals surface area contributed by atoms with Gasteiger partial charge in [-0.2, -0.15) is 20.7 Å². The van der Waals surface area contributed by atoms with Gasteiger partial charge in [-0.05, 0) is 48.2 Å². The summed E-state index contributed by atoms with van der Waals surface area (Å²) in [6.45, 7) is 9.06. The zero-order chi connectivity index (χ0) is 39.5. The predicted octanol–water partition coefficient (Wildman–Crippen LogP) is 6.12. The van der Waals surface area contributed by atoms with Gasteiger partial charge in [0.25, 0.3) is 0 Å². The first-order valence-corrected chi connectivity index (χ1v) is 18.9. The summed E-state index contributed by atoms with van der Waals surface area (Å²) in [5.41, 5.74) is 14.0. The lowest BCUT2D eigenvalue weighted by Crippen LogP contribution is -2.40. The summed E-state index contributed by atoms with van der Waals surface area (Å²) < 4.78 is 28.6. The Morgan fingerprint density at radius 3 is 1.39 bits per heavy atom. The fraction of sp³-hybridized carbons (Fsp3) is 0.381. The van der Waals surface area contributed by atoms with Crippen molar-refractivity contribution in [1.29, 1.82) is 10.5 Å². The Morgan fingerprint density at radius 2 is 1.04 bits per heavy atom. The van der Waals surface area contributed by atoms with E-state index >= 15 is 0 Å². The number of ether oxygens (including phenoxy) is 4. The van der Waals surface area contributed by atoms with Gasteiger partial charge in [-0.3, -0.25) is 0 Å². The van der Waals surface area contributed by atoms with Crippen molar-refractivity contribution < 1.29 is 18.9 Å². The molecule has 0 spiro atoms. The number of nitrogens with zero attached hydrogens (tertiary/aromatic N) is 8. The number of anilines is 2. The van der Waals surface area contributed by atoms with Gasteiger partial charge in [0, 0.05) is 11.8 Å². The maximum absolute atomic E-state index is 10.3. The van der Waals surface area contributed by atoms with Crippen molar-refractivity contribution in [3.05, 3.63) is 120 Å². The molecule has 0 bridgehead atoms. The summed E-state index contributed by atoms with van der Waals surface area (Å²) in [6, 6.07) is 31.9. The summed E-state index contributed by atoms with van der Waals surface area (Å²) in [7, 11) is 0. The summed E-state index contributed by atoms with van der Waals surface area (Å²) >= 11 is 0. The molecule has 2 aliphatic heterocycles. The number of nitrogen functional groups attached to an aromatic ring is 2. The minimum absolute atomic E-state index is 0.0399. The number of hydrogen-bond donors (Lipinski definition) is 2. The van der Waals surface area contributed by atoms with Crippen LogP contribution in [0.25, 0.3) is 11.0 Å². The molecule has 2 aliphatic rings. The van der Waals surface area contributed by atoms with Crippen molar-refractivity contribution in [3.63, 3.8) is 0 Å². The average molecular weight is 755 g/mol. The molecule has 6 heterocycles. The second-order valence-electron chi connectivity index (χ2n) is 14.3. The maximum atomic E-state index is 10.3. The fourth-order valence-corrected chi connectivity index (χ4v) is 8.10. The zero-order valence-electron chi connectivity index (χ0n) is 31.9. The molecule has 288 valence electrons. The highest BCUT2D eigenvalue weighted by Gasteiger charge is 2.58. The van der Waals surface area contributed by atoms with Crippen LogP contribution >= 0.6 is 0 Å². The molecule has 56 heavy (non-hydrogen) atoms. The second-order valence-corrected chi connectivity index (χ2v) is 14.3. The van der Waals surface area contributed by atoms with Gasteiger partial charge < -0.3 is 30.4 Å². The van der Waals surface area contributed by atoms with Gasteiger partial charge in [0.05, 0.1) is 36.8 Å². The SMILES string of the molecule is CC[C@H]1OC(C#N)(c2ccc3c(N)ncnn23)[C@H](OCc2ccccc2)[C@@H]1C.CC[C@H]1O[C@@](C#N)(c2ccc3c(N)ncnn23)[C@H](OCc2ccccc2)[C@@H]1C. The van der Waals surface area contributed by atoms with E-state index in [0.29, 0.717) is 47.3 Å². The molecular weight excluding hydrogens is 709 g/mol. The molecule has 8 atom stereocenters. The zero-order valence-corrected chi connectivity index (χ0v) is 31.9. The van der Waals surface area contributed by atoms with Gasteiger partial charge in [-0.15, -0.1) is 0 Å². The van der Waals surface area contributed by atoms with E-state index in [4.69, 9.17) is 30.4 Å². The minimum atomic E-state index is -1.28. The van der Waals surface area contributed by atoms with Crippen LogP contribution in [-0.4, -0.2) is 53.6 Å². The minimum Gasteiger partial charge on any atom is -0.382 e. The molecule has 2 fully saturated rings. The standard InChI is InChI=1S/2C21H23N5O2/c2*1-3-17-14(2)19(27-11-15-7-5-4-6-8-15)21(12-22,28-17)18-10-9-16-20(23)24-13-25-26(16)18/h2*4-10,13-14,17,19H,3,11H2,1-2H3,(H2,23,24,25)/t14-,17-,19-,21?;14-,17-,19-,21+/m11/s1. The largest absolute Gasteiger partial charge is 0.382 e. The van der Waals surface area contributed by atoms with Gasteiger partial charge in [0.15, 0.2) is 11.6 Å². The van der Waals surface area contributed by atoms with Crippen LogP contribution in [0, 0.1) is 34.5 Å². The summed E-state index contributed by atoms with van der Waals surface area (Å²) in [4.78, 5) is 8.06. The highest BCUT2D eigenvalue weighted by molar-refractivity contribution is 5.67. The van der Waals surface area contributed by atoms with Crippen LogP contribution in [0.3, 0.4) is 0 Å². The summed E-state index contributed by atoms with van der Waals surface area (Å²) in [5.74, 6) is 0.791. The third-order valence-corrected chi connectivity index (χ3v) is 11.0. The smallest absolute Gasteiger partial charge is 0.223 e. The third kappa shape index (κ3) is 6.71. The van der Waals surface area contributed by atoms with E-state index in [-0.39, 0.29) is 24.0 Å². The maximum Gasteiger partial charge on any atom is 0.223 e. The highest BCUT2D eigenvalue weighted by atomic mass is 16.6. The molecule has 1 unspecified atom stereocenters. The van der Waals surface area contributed by atoms with Crippen LogP contribution in [0.5, 0.6) is 0 Å². The number of rotatable bonds is 10. The van der Waals surface area contributed by atoms with Crippen molar-refractivity contribution in [2.75, 3.05) is 11.5 Å². The van der Waals surface area contributed by atoms with Crippen LogP contribution in [-0.2, 0) is 43.4 Å². The van der Waals surface area contributed by atoms with Crippen LogP contribution in [0.15, 0.2) is 97.6 Å². The first kappa shape index (κ1) is 38.4. The molecule has 8 rings (SSSR count). The normalized spacial score (nSPS) is 27.1. The van der Waals surface area contributed by atoms with Crippen molar-refractivity contribution in [2.45, 2.75) is 89.4 Å². The number of nitriles is 2. The topological polar surface area (TPSA) is 197 Å². The molecule has 0 saturated carbocycles. The van der Waals surface area contributed by atoms with Crippen LogP contribution in [0.2, 0.25) is 0 Å². The monoisotopic (exact) mass is 754 g/mol. The number of hydrogen-bond acceptors (Lipinski definition) is 12. The molecule has 4 aromatic heterocycles. The van der Waals surface area contributed by atoms with Gasteiger partial charge >= 0.3 is 0 Å². The first-order chi connectivity index (χ1) is 27.2. The van der Waals surface area contributed by atoms with Gasteiger partial charge in [-0.1, -0.05) is 88.4 Å². The summed E-state index contributed by atoms with van der Waals surface area (Å²) in [5, 5.41) is 29.2. The highest BCUT2D eigenvalue weighted by Crippen LogP contribution is 2.47. The molecule has 0 aliphatic carbocycles. The molecule has 14 heteroatoms. The van der Waals surface area contributed by atoms with Crippen molar-refractivity contribution in [2.24, 2.45) is 11.8 Å². The van der Waals surface area contributed by atoms with Crippen LogP contribution < -0.4 is 11.5 Å². The van der Waals surface area contributed by atoms with Gasteiger partial charge in [-0.25, -0.2) is 19.0 Å². The fourth-order valence-electron chi connectivity index (χ4n) is 8.10. The Kier molecular flexibility index (Phi) is 11.0. The quantitative estimate of drug-likeness (QED) is 0.163. The Morgan fingerprint density at radius 1 is 0.643 bits per heavy atom. The predicted molar refractivity (Wildman–Crippen MR) is 208 cm³/mol. The molecule has 0 amide bonds. The average Bonchev–Trinajstić information content (AvgIpc) is 4.00.